The Bertz CT molecular complexity index is 1030. The molecule has 1 aromatic heterocycles. The van der Waals surface area contributed by atoms with E-state index in [1.807, 2.05) is 4.90 Å². The molecule has 0 bridgehead atoms. The SMILES string of the molecule is CN(C)C1(c2ccccc2)CCC2(CC1)CN(CCC(=O)NCc1ncco1)C(=O)N2CC1CCC1. The molecule has 1 aliphatic heterocycles. The number of carbonyl (C=O) groups is 2. The van der Waals surface area contributed by atoms with Gasteiger partial charge < -0.3 is 19.5 Å². The Labute approximate surface area is 214 Å². The number of amides is 3. The van der Waals surface area contributed by atoms with Gasteiger partial charge in [0.2, 0.25) is 11.8 Å². The van der Waals surface area contributed by atoms with Crippen LogP contribution in [-0.2, 0) is 16.9 Å². The van der Waals surface area contributed by atoms with Gasteiger partial charge in [-0.05, 0) is 64.1 Å². The van der Waals surface area contributed by atoms with Crippen molar-refractivity contribution in [2.45, 2.75) is 69.0 Å². The molecule has 0 atom stereocenters. The molecule has 3 amide bonds. The first-order valence-electron chi connectivity index (χ1n) is 13.4. The lowest BCUT2D eigenvalue weighted by molar-refractivity contribution is -0.121. The van der Waals surface area contributed by atoms with Gasteiger partial charge in [-0.2, -0.15) is 0 Å². The van der Waals surface area contributed by atoms with Crippen molar-refractivity contribution in [1.29, 1.82) is 0 Å². The molecule has 0 unspecified atom stereocenters. The number of urea groups is 1. The minimum absolute atomic E-state index is 0.00904. The lowest BCUT2D eigenvalue weighted by atomic mass is 9.68. The van der Waals surface area contributed by atoms with Crippen molar-refractivity contribution >= 4 is 11.9 Å². The van der Waals surface area contributed by atoms with Gasteiger partial charge >= 0.3 is 6.03 Å². The quantitative estimate of drug-likeness (QED) is 0.571. The molecular formula is C28H39N5O3. The van der Waals surface area contributed by atoms with Gasteiger partial charge in [-0.3, -0.25) is 9.69 Å². The summed E-state index contributed by atoms with van der Waals surface area (Å²) in [4.78, 5) is 36.7. The van der Waals surface area contributed by atoms with Crippen LogP contribution >= 0.6 is 0 Å². The third-order valence-electron chi connectivity index (χ3n) is 8.93. The number of hydrogen-bond donors (Lipinski definition) is 1. The maximum atomic E-state index is 13.7. The van der Waals surface area contributed by atoms with Crippen molar-refractivity contribution in [3.63, 3.8) is 0 Å². The molecule has 2 aromatic rings. The van der Waals surface area contributed by atoms with E-state index in [0.29, 0.717) is 24.9 Å². The predicted octanol–water partition coefficient (Wildman–Crippen LogP) is 3.99. The normalized spacial score (nSPS) is 26.6. The molecule has 0 radical (unpaired) electrons. The second-order valence-corrected chi connectivity index (χ2v) is 11.1. The van der Waals surface area contributed by atoms with E-state index in [-0.39, 0.29) is 36.0 Å². The summed E-state index contributed by atoms with van der Waals surface area (Å²) in [7, 11) is 4.36. The van der Waals surface area contributed by atoms with Crippen LogP contribution in [0.2, 0.25) is 0 Å². The number of benzene rings is 1. The molecule has 8 nitrogen and oxygen atoms in total. The summed E-state index contributed by atoms with van der Waals surface area (Å²) in [5, 5.41) is 2.85. The van der Waals surface area contributed by atoms with Crippen molar-refractivity contribution in [3.8, 4) is 0 Å². The summed E-state index contributed by atoms with van der Waals surface area (Å²) < 4.78 is 5.19. The standard InChI is InChI=1S/C28H39N5O3/c1-31(2)28(23-9-4-3-5-10-23)14-12-27(13-15-28)21-32(26(35)33(27)20-22-7-6-8-22)17-11-24(34)30-19-25-29-16-18-36-25/h3-5,9-10,16,18,22H,6-8,11-15,17,19-21H2,1-2H3,(H,30,34). The van der Waals surface area contributed by atoms with Gasteiger partial charge in [0.1, 0.15) is 6.26 Å². The topological polar surface area (TPSA) is 81.9 Å². The highest BCUT2D eigenvalue weighted by Gasteiger charge is 2.54. The van der Waals surface area contributed by atoms with Gasteiger partial charge in [0.05, 0.1) is 18.3 Å². The molecule has 36 heavy (non-hydrogen) atoms. The lowest BCUT2D eigenvalue weighted by Gasteiger charge is -2.51. The largest absolute Gasteiger partial charge is 0.447 e. The van der Waals surface area contributed by atoms with Crippen molar-refractivity contribution < 1.29 is 14.0 Å². The molecule has 1 N–H and O–H groups in total. The van der Waals surface area contributed by atoms with E-state index in [4.69, 9.17) is 4.42 Å². The highest BCUT2D eigenvalue weighted by Crippen LogP contribution is 2.49. The molecule has 2 aliphatic carbocycles. The number of oxazole rings is 1. The average Bonchev–Trinajstić information content (AvgIpc) is 3.47. The predicted molar refractivity (Wildman–Crippen MR) is 137 cm³/mol. The first kappa shape index (κ1) is 24.8. The van der Waals surface area contributed by atoms with Gasteiger partial charge in [0, 0.05) is 31.6 Å². The van der Waals surface area contributed by atoms with E-state index in [1.54, 1.807) is 6.20 Å². The van der Waals surface area contributed by atoms with Gasteiger partial charge in [-0.15, -0.1) is 0 Å². The van der Waals surface area contributed by atoms with Crippen LogP contribution in [0.5, 0.6) is 0 Å². The number of hydrogen-bond acceptors (Lipinski definition) is 5. The highest BCUT2D eigenvalue weighted by atomic mass is 16.3. The summed E-state index contributed by atoms with van der Waals surface area (Å²) in [6, 6.07) is 10.9. The molecule has 2 saturated carbocycles. The number of aromatic nitrogens is 1. The van der Waals surface area contributed by atoms with Crippen LogP contribution < -0.4 is 5.32 Å². The third-order valence-corrected chi connectivity index (χ3v) is 8.93. The molecule has 5 rings (SSSR count). The molecule has 1 saturated heterocycles. The van der Waals surface area contributed by atoms with Crippen LogP contribution in [0.4, 0.5) is 4.79 Å². The Morgan fingerprint density at radius 1 is 1.17 bits per heavy atom. The Kier molecular flexibility index (Phi) is 7.06. The summed E-state index contributed by atoms with van der Waals surface area (Å²) in [5.41, 5.74) is 1.21. The fraction of sp³-hybridized carbons (Fsp3) is 0.607. The molecule has 3 aliphatic rings. The molecule has 2 heterocycles. The zero-order chi connectivity index (χ0) is 25.2. The maximum absolute atomic E-state index is 13.7. The summed E-state index contributed by atoms with van der Waals surface area (Å²) >= 11 is 0. The minimum atomic E-state index is -0.143. The Balaban J connectivity index is 1.27. The fourth-order valence-electron chi connectivity index (χ4n) is 6.40. The Hall–Kier alpha value is -2.87. The number of nitrogens with zero attached hydrogens (tertiary/aromatic N) is 4. The van der Waals surface area contributed by atoms with Crippen LogP contribution in [0.15, 0.2) is 47.2 Å². The second-order valence-electron chi connectivity index (χ2n) is 11.1. The molecule has 8 heteroatoms. The van der Waals surface area contributed by atoms with Crippen molar-refractivity contribution in [2.24, 2.45) is 5.92 Å². The summed E-state index contributed by atoms with van der Waals surface area (Å²) in [6.07, 6.45) is 11.0. The summed E-state index contributed by atoms with van der Waals surface area (Å²) in [6.45, 7) is 2.27. The third kappa shape index (κ3) is 4.75. The Morgan fingerprint density at radius 3 is 2.53 bits per heavy atom. The summed E-state index contributed by atoms with van der Waals surface area (Å²) in [5.74, 6) is 1.01. The van der Waals surface area contributed by atoms with E-state index in [2.05, 4.69) is 64.5 Å². The van der Waals surface area contributed by atoms with E-state index >= 15 is 0 Å². The second kappa shape index (κ2) is 10.2. The van der Waals surface area contributed by atoms with E-state index in [1.165, 1.54) is 31.1 Å². The minimum Gasteiger partial charge on any atom is -0.447 e. The van der Waals surface area contributed by atoms with Crippen molar-refractivity contribution in [2.75, 3.05) is 33.7 Å². The molecule has 194 valence electrons. The van der Waals surface area contributed by atoms with Crippen LogP contribution in [0.25, 0.3) is 0 Å². The zero-order valence-corrected chi connectivity index (χ0v) is 21.6. The number of nitrogens with one attached hydrogen (secondary N) is 1. The molecule has 3 fully saturated rings. The fourth-order valence-corrected chi connectivity index (χ4v) is 6.40. The highest BCUT2D eigenvalue weighted by molar-refractivity contribution is 5.80. The van der Waals surface area contributed by atoms with Gasteiger partial charge in [0.25, 0.3) is 0 Å². The first-order chi connectivity index (χ1) is 17.4. The first-order valence-corrected chi connectivity index (χ1v) is 13.4. The average molecular weight is 494 g/mol. The lowest BCUT2D eigenvalue weighted by Crippen LogP contribution is -2.56. The maximum Gasteiger partial charge on any atom is 0.320 e. The van der Waals surface area contributed by atoms with Crippen LogP contribution in [-0.4, -0.2) is 70.9 Å². The van der Waals surface area contributed by atoms with E-state index in [0.717, 1.165) is 32.2 Å². The van der Waals surface area contributed by atoms with Crippen molar-refractivity contribution in [3.05, 3.63) is 54.2 Å². The number of carbonyl (C=O) groups excluding carboxylic acids is 2. The monoisotopic (exact) mass is 493 g/mol. The van der Waals surface area contributed by atoms with Crippen molar-refractivity contribution in [1.82, 2.24) is 25.0 Å². The van der Waals surface area contributed by atoms with E-state index in [9.17, 15) is 9.59 Å². The van der Waals surface area contributed by atoms with Gasteiger partial charge in [-0.1, -0.05) is 36.8 Å². The molecular weight excluding hydrogens is 454 g/mol. The number of rotatable bonds is 9. The van der Waals surface area contributed by atoms with Gasteiger partial charge in [-0.25, -0.2) is 9.78 Å². The van der Waals surface area contributed by atoms with Crippen LogP contribution in [0.3, 0.4) is 0 Å². The van der Waals surface area contributed by atoms with Gasteiger partial charge in [0.15, 0.2) is 0 Å². The van der Waals surface area contributed by atoms with E-state index < -0.39 is 0 Å². The molecule has 1 spiro atoms. The molecule has 1 aromatic carbocycles. The Morgan fingerprint density at radius 2 is 1.92 bits per heavy atom. The van der Waals surface area contributed by atoms with Crippen LogP contribution in [0.1, 0.15) is 62.8 Å². The van der Waals surface area contributed by atoms with Crippen LogP contribution in [0, 0.1) is 5.92 Å². The zero-order valence-electron chi connectivity index (χ0n) is 21.6. The smallest absolute Gasteiger partial charge is 0.320 e.